The molecular formula is C22H18F3N3O5. The summed E-state index contributed by atoms with van der Waals surface area (Å²) < 4.78 is 46.1. The molecule has 0 aromatic heterocycles. The van der Waals surface area contributed by atoms with E-state index in [0.717, 1.165) is 6.07 Å². The molecule has 1 unspecified atom stereocenters. The van der Waals surface area contributed by atoms with Crippen LogP contribution < -0.4 is 10.6 Å². The van der Waals surface area contributed by atoms with Gasteiger partial charge in [0.2, 0.25) is 5.91 Å². The van der Waals surface area contributed by atoms with Crippen molar-refractivity contribution < 1.29 is 37.1 Å². The summed E-state index contributed by atoms with van der Waals surface area (Å²) in [6, 6.07) is 8.88. The van der Waals surface area contributed by atoms with E-state index in [0.29, 0.717) is 30.4 Å². The van der Waals surface area contributed by atoms with Crippen molar-refractivity contribution in [1.29, 1.82) is 0 Å². The predicted octanol–water partition coefficient (Wildman–Crippen LogP) is 3.06. The van der Waals surface area contributed by atoms with Crippen molar-refractivity contribution >= 4 is 35.0 Å². The second-order valence-electron chi connectivity index (χ2n) is 7.54. The Kier molecular flexibility index (Phi) is 5.90. The highest BCUT2D eigenvalue weighted by Crippen LogP contribution is 2.37. The highest BCUT2D eigenvalue weighted by Gasteiger charge is 2.38. The molecule has 2 aliphatic rings. The van der Waals surface area contributed by atoms with Gasteiger partial charge in [0.05, 0.1) is 22.4 Å². The lowest BCUT2D eigenvalue weighted by atomic mass is 10.1. The van der Waals surface area contributed by atoms with Crippen molar-refractivity contribution in [2.24, 2.45) is 0 Å². The van der Waals surface area contributed by atoms with Gasteiger partial charge in [-0.2, -0.15) is 13.2 Å². The number of amides is 4. The number of fused-ring (bicyclic) bond motifs is 1. The molecule has 0 saturated carbocycles. The molecule has 172 valence electrons. The predicted molar refractivity (Wildman–Crippen MR) is 109 cm³/mol. The summed E-state index contributed by atoms with van der Waals surface area (Å²) in [6.07, 6.45) is -4.41. The molecule has 8 nitrogen and oxygen atoms in total. The molecule has 33 heavy (non-hydrogen) atoms. The lowest BCUT2D eigenvalue weighted by Gasteiger charge is -2.18. The van der Waals surface area contributed by atoms with Crippen LogP contribution in [0.2, 0.25) is 0 Å². The topological polar surface area (TPSA) is 105 Å². The van der Waals surface area contributed by atoms with Gasteiger partial charge in [-0.25, -0.2) is 0 Å². The Hall–Kier alpha value is -3.73. The van der Waals surface area contributed by atoms with Crippen molar-refractivity contribution in [3.63, 3.8) is 0 Å². The lowest BCUT2D eigenvalue weighted by Crippen LogP contribution is -2.37. The Morgan fingerprint density at radius 3 is 2.27 bits per heavy atom. The molecule has 2 aliphatic heterocycles. The van der Waals surface area contributed by atoms with Gasteiger partial charge in [-0.3, -0.25) is 24.1 Å². The van der Waals surface area contributed by atoms with Gasteiger partial charge in [-0.05, 0) is 43.2 Å². The number of hydrogen-bond acceptors (Lipinski definition) is 5. The van der Waals surface area contributed by atoms with Crippen LogP contribution >= 0.6 is 0 Å². The van der Waals surface area contributed by atoms with Gasteiger partial charge >= 0.3 is 6.18 Å². The highest BCUT2D eigenvalue weighted by molar-refractivity contribution is 6.22. The van der Waals surface area contributed by atoms with Crippen molar-refractivity contribution in [3.05, 3.63) is 59.2 Å². The second kappa shape index (κ2) is 8.66. The molecular weight excluding hydrogens is 443 g/mol. The van der Waals surface area contributed by atoms with E-state index >= 15 is 0 Å². The Morgan fingerprint density at radius 2 is 1.70 bits per heavy atom. The zero-order valence-electron chi connectivity index (χ0n) is 17.1. The maximum Gasteiger partial charge on any atom is 0.418 e. The van der Waals surface area contributed by atoms with E-state index in [-0.39, 0.29) is 16.8 Å². The number of anilines is 2. The third kappa shape index (κ3) is 4.58. The van der Waals surface area contributed by atoms with Gasteiger partial charge in [0.25, 0.3) is 17.7 Å². The summed E-state index contributed by atoms with van der Waals surface area (Å²) in [7, 11) is 0. The standard InChI is InChI=1S/C22H18F3N3O5/c23-22(24,25)15-10-12(26-19(30)17-6-3-9-33-17)7-8-16(15)27-18(29)11-28-20(31)13-4-1-2-5-14(13)21(28)32/h1-2,4-5,7-8,10,17H,3,6,9,11H2,(H,26,30)(H,27,29). The number of nitrogens with zero attached hydrogens (tertiary/aromatic N) is 1. The van der Waals surface area contributed by atoms with Crippen molar-refractivity contribution in [2.45, 2.75) is 25.1 Å². The normalized spacial score (nSPS) is 17.8. The van der Waals surface area contributed by atoms with Crippen LogP contribution in [0, 0.1) is 0 Å². The minimum Gasteiger partial charge on any atom is -0.368 e. The number of ether oxygens (including phenoxy) is 1. The Labute approximate surface area is 185 Å². The molecule has 4 rings (SSSR count). The van der Waals surface area contributed by atoms with E-state index in [2.05, 4.69) is 10.6 Å². The highest BCUT2D eigenvalue weighted by atomic mass is 19.4. The van der Waals surface area contributed by atoms with Gasteiger partial charge in [-0.1, -0.05) is 12.1 Å². The molecule has 2 heterocycles. The third-order valence-electron chi connectivity index (χ3n) is 5.27. The van der Waals surface area contributed by atoms with E-state index in [4.69, 9.17) is 4.74 Å². The van der Waals surface area contributed by atoms with Crippen LogP contribution in [0.15, 0.2) is 42.5 Å². The quantitative estimate of drug-likeness (QED) is 0.666. The van der Waals surface area contributed by atoms with Crippen LogP contribution in [0.4, 0.5) is 24.5 Å². The first kappa shape index (κ1) is 22.5. The van der Waals surface area contributed by atoms with Gasteiger partial charge in [-0.15, -0.1) is 0 Å². The monoisotopic (exact) mass is 461 g/mol. The summed E-state index contributed by atoms with van der Waals surface area (Å²) in [5, 5.41) is 4.49. The van der Waals surface area contributed by atoms with E-state index in [1.807, 2.05) is 0 Å². The van der Waals surface area contributed by atoms with Crippen LogP contribution in [-0.4, -0.2) is 47.8 Å². The summed E-state index contributed by atoms with van der Waals surface area (Å²) >= 11 is 0. The Bertz CT molecular complexity index is 1110. The first-order valence-corrected chi connectivity index (χ1v) is 10.0. The maximum absolute atomic E-state index is 13.6. The molecule has 1 saturated heterocycles. The summed E-state index contributed by atoms with van der Waals surface area (Å²) in [6.45, 7) is -0.342. The van der Waals surface area contributed by atoms with E-state index in [1.165, 1.54) is 18.2 Å². The number of carbonyl (C=O) groups excluding carboxylic acids is 4. The molecule has 0 aliphatic carbocycles. The van der Waals surface area contributed by atoms with Crippen molar-refractivity contribution in [1.82, 2.24) is 4.90 Å². The van der Waals surface area contributed by atoms with Gasteiger partial charge in [0, 0.05) is 12.3 Å². The van der Waals surface area contributed by atoms with Crippen LogP contribution in [0.25, 0.3) is 0 Å². The largest absolute Gasteiger partial charge is 0.418 e. The average molecular weight is 461 g/mol. The van der Waals surface area contributed by atoms with E-state index < -0.39 is 53.7 Å². The molecule has 0 bridgehead atoms. The summed E-state index contributed by atoms with van der Waals surface area (Å²) in [5.74, 6) is -2.93. The minimum atomic E-state index is -4.84. The van der Waals surface area contributed by atoms with E-state index in [1.54, 1.807) is 12.1 Å². The van der Waals surface area contributed by atoms with Crippen molar-refractivity contribution in [2.75, 3.05) is 23.8 Å². The van der Waals surface area contributed by atoms with Crippen molar-refractivity contribution in [3.8, 4) is 0 Å². The number of imide groups is 1. The Morgan fingerprint density at radius 1 is 1.03 bits per heavy atom. The molecule has 1 atom stereocenters. The van der Waals surface area contributed by atoms with Gasteiger partial charge < -0.3 is 15.4 Å². The average Bonchev–Trinajstić information content (AvgIpc) is 3.39. The SMILES string of the molecule is O=C(CN1C(=O)c2ccccc2C1=O)Nc1ccc(NC(=O)C2CCCO2)cc1C(F)(F)F. The zero-order valence-corrected chi connectivity index (χ0v) is 17.1. The number of alkyl halides is 3. The first-order chi connectivity index (χ1) is 15.6. The minimum absolute atomic E-state index is 0.110. The zero-order chi connectivity index (χ0) is 23.8. The molecule has 4 amide bonds. The lowest BCUT2D eigenvalue weighted by molar-refractivity contribution is -0.137. The second-order valence-corrected chi connectivity index (χ2v) is 7.54. The first-order valence-electron chi connectivity index (χ1n) is 10.0. The Balaban J connectivity index is 1.49. The number of carbonyl (C=O) groups is 4. The van der Waals surface area contributed by atoms with Crippen LogP contribution in [0.1, 0.15) is 39.1 Å². The van der Waals surface area contributed by atoms with Gasteiger partial charge in [0.1, 0.15) is 12.6 Å². The molecule has 0 spiro atoms. The number of halogens is 3. The molecule has 1 fully saturated rings. The van der Waals surface area contributed by atoms with E-state index in [9.17, 15) is 32.3 Å². The fourth-order valence-electron chi connectivity index (χ4n) is 3.69. The molecule has 11 heteroatoms. The maximum atomic E-state index is 13.6. The molecule has 2 aromatic rings. The van der Waals surface area contributed by atoms with Crippen LogP contribution in [-0.2, 0) is 20.5 Å². The van der Waals surface area contributed by atoms with Gasteiger partial charge in [0.15, 0.2) is 0 Å². The number of nitrogens with one attached hydrogen (secondary N) is 2. The van der Waals surface area contributed by atoms with Crippen LogP contribution in [0.3, 0.4) is 0 Å². The number of hydrogen-bond donors (Lipinski definition) is 2. The van der Waals surface area contributed by atoms with Crippen LogP contribution in [0.5, 0.6) is 0 Å². The third-order valence-corrected chi connectivity index (χ3v) is 5.27. The fraction of sp³-hybridized carbons (Fsp3) is 0.273. The summed E-state index contributed by atoms with van der Waals surface area (Å²) in [4.78, 5) is 50.0. The number of benzene rings is 2. The smallest absolute Gasteiger partial charge is 0.368 e. The number of rotatable bonds is 5. The fourth-order valence-corrected chi connectivity index (χ4v) is 3.69. The summed E-state index contributed by atoms with van der Waals surface area (Å²) in [5.41, 5.74) is -1.63. The molecule has 2 aromatic carbocycles. The molecule has 0 radical (unpaired) electrons. The molecule has 2 N–H and O–H groups in total.